The van der Waals surface area contributed by atoms with E-state index >= 15 is 0 Å². The summed E-state index contributed by atoms with van der Waals surface area (Å²) in [5.74, 6) is -0.673. The van der Waals surface area contributed by atoms with Crippen molar-refractivity contribution in [3.8, 4) is 0 Å². The van der Waals surface area contributed by atoms with Crippen molar-refractivity contribution >= 4 is 11.6 Å². The molecule has 0 aliphatic heterocycles. The number of benzene rings is 2. The molecule has 0 aliphatic carbocycles. The van der Waals surface area contributed by atoms with Crippen LogP contribution >= 0.6 is 0 Å². The van der Waals surface area contributed by atoms with Crippen LogP contribution in [0.3, 0.4) is 0 Å². The van der Waals surface area contributed by atoms with Crippen molar-refractivity contribution in [2.75, 3.05) is 0 Å². The average molecular weight is 302 g/mol. The lowest BCUT2D eigenvalue weighted by molar-refractivity contribution is -0.385. The molecule has 1 N–H and O–H groups in total. The minimum absolute atomic E-state index is 0.0768. The molecule has 0 radical (unpaired) electrons. The van der Waals surface area contributed by atoms with Crippen LogP contribution in [0.15, 0.2) is 48.5 Å². The molecule has 2 aromatic carbocycles. The normalized spacial score (nSPS) is 11.7. The van der Waals surface area contributed by atoms with E-state index in [1.807, 2.05) is 0 Å². The molecule has 0 spiro atoms. The number of nitrogens with zero attached hydrogens (tertiary/aromatic N) is 1. The molecule has 1 atom stereocenters. The summed E-state index contributed by atoms with van der Waals surface area (Å²) in [4.78, 5) is 22.4. The number of nitro groups is 1. The maximum atomic E-state index is 12.9. The second-order valence-electron chi connectivity index (χ2n) is 4.90. The molecular weight excluding hydrogens is 287 g/mol. The molecule has 0 aliphatic rings. The summed E-state index contributed by atoms with van der Waals surface area (Å²) < 4.78 is 12.9. The second kappa shape index (κ2) is 6.80. The Hall–Kier alpha value is -2.76. The van der Waals surface area contributed by atoms with Crippen molar-refractivity contribution < 1.29 is 14.1 Å². The number of hydrogen-bond donors (Lipinski definition) is 1. The summed E-state index contributed by atoms with van der Waals surface area (Å²) in [6, 6.07) is 11.6. The van der Waals surface area contributed by atoms with E-state index in [2.05, 4.69) is 5.32 Å². The van der Waals surface area contributed by atoms with Crippen LogP contribution in [0, 0.1) is 15.9 Å². The quantitative estimate of drug-likeness (QED) is 0.681. The lowest BCUT2D eigenvalue weighted by Crippen LogP contribution is -2.28. The van der Waals surface area contributed by atoms with E-state index in [0.717, 1.165) is 5.56 Å². The minimum atomic E-state index is -0.508. The number of amides is 1. The monoisotopic (exact) mass is 302 g/mol. The zero-order valence-electron chi connectivity index (χ0n) is 12.0. The highest BCUT2D eigenvalue weighted by molar-refractivity contribution is 5.80. The van der Waals surface area contributed by atoms with Crippen LogP contribution in [0.25, 0.3) is 0 Å². The van der Waals surface area contributed by atoms with Crippen molar-refractivity contribution in [2.45, 2.75) is 19.4 Å². The van der Waals surface area contributed by atoms with Crippen molar-refractivity contribution in [1.82, 2.24) is 5.32 Å². The SMILES string of the molecule is C[C@@H](NC(=O)Cc1ccccc1[N+](=O)[O-])c1ccc(F)cc1. The van der Waals surface area contributed by atoms with Gasteiger partial charge < -0.3 is 5.32 Å². The molecule has 6 heteroatoms. The van der Waals surface area contributed by atoms with Crippen molar-refractivity contribution in [1.29, 1.82) is 0 Å². The summed E-state index contributed by atoms with van der Waals surface area (Å²) in [5.41, 5.74) is 1.04. The molecule has 0 heterocycles. The average Bonchev–Trinajstić information content (AvgIpc) is 2.48. The van der Waals surface area contributed by atoms with Crippen molar-refractivity contribution in [2.24, 2.45) is 0 Å². The molecule has 0 aromatic heterocycles. The molecule has 0 bridgehead atoms. The van der Waals surface area contributed by atoms with Crippen LogP contribution in [-0.4, -0.2) is 10.8 Å². The van der Waals surface area contributed by atoms with Crippen LogP contribution in [-0.2, 0) is 11.2 Å². The highest BCUT2D eigenvalue weighted by Gasteiger charge is 2.17. The summed E-state index contributed by atoms with van der Waals surface area (Å²) in [5, 5.41) is 13.7. The van der Waals surface area contributed by atoms with Gasteiger partial charge in [-0.15, -0.1) is 0 Å². The molecule has 114 valence electrons. The standard InChI is InChI=1S/C16H15FN2O3/c1-11(12-6-8-14(17)9-7-12)18-16(20)10-13-4-2-3-5-15(13)19(21)22/h2-9,11H,10H2,1H3,(H,18,20)/t11-/m1/s1. The number of carbonyl (C=O) groups is 1. The number of hydrogen-bond acceptors (Lipinski definition) is 3. The summed E-state index contributed by atoms with van der Waals surface area (Å²) in [6.45, 7) is 1.77. The smallest absolute Gasteiger partial charge is 0.273 e. The molecule has 0 fully saturated rings. The Labute approximate surface area is 126 Å². The Bertz CT molecular complexity index is 686. The molecule has 22 heavy (non-hydrogen) atoms. The number of carbonyl (C=O) groups excluding carboxylic acids is 1. The van der Waals surface area contributed by atoms with Gasteiger partial charge in [0.1, 0.15) is 5.82 Å². The van der Waals surface area contributed by atoms with E-state index in [9.17, 15) is 19.3 Å². The number of halogens is 1. The molecular formula is C16H15FN2O3. The lowest BCUT2D eigenvalue weighted by atomic mass is 10.1. The molecule has 1 amide bonds. The number of nitrogens with one attached hydrogen (secondary N) is 1. The maximum Gasteiger partial charge on any atom is 0.273 e. The van der Waals surface area contributed by atoms with E-state index < -0.39 is 4.92 Å². The maximum absolute atomic E-state index is 12.9. The van der Waals surface area contributed by atoms with Gasteiger partial charge in [0, 0.05) is 11.6 Å². The van der Waals surface area contributed by atoms with E-state index in [4.69, 9.17) is 0 Å². The van der Waals surface area contributed by atoms with E-state index in [-0.39, 0.29) is 29.9 Å². The molecule has 0 unspecified atom stereocenters. The van der Waals surface area contributed by atoms with Crippen molar-refractivity contribution in [3.05, 3.63) is 75.6 Å². The summed E-state index contributed by atoms with van der Waals surface area (Å²) in [6.07, 6.45) is -0.0807. The Morgan fingerprint density at radius 2 is 1.86 bits per heavy atom. The number of para-hydroxylation sites is 1. The van der Waals surface area contributed by atoms with Gasteiger partial charge in [-0.05, 0) is 24.6 Å². The highest BCUT2D eigenvalue weighted by Crippen LogP contribution is 2.19. The first-order valence-corrected chi connectivity index (χ1v) is 6.74. The van der Waals surface area contributed by atoms with Gasteiger partial charge in [0.25, 0.3) is 5.69 Å². The zero-order chi connectivity index (χ0) is 16.1. The zero-order valence-corrected chi connectivity index (χ0v) is 12.0. The third-order valence-corrected chi connectivity index (χ3v) is 3.29. The Morgan fingerprint density at radius 1 is 1.23 bits per heavy atom. The van der Waals surface area contributed by atoms with Gasteiger partial charge in [-0.1, -0.05) is 30.3 Å². The fourth-order valence-electron chi connectivity index (χ4n) is 2.14. The van der Waals surface area contributed by atoms with E-state index in [1.165, 1.54) is 18.2 Å². The number of nitro benzene ring substituents is 1. The van der Waals surface area contributed by atoms with Gasteiger partial charge in [0.2, 0.25) is 5.91 Å². The van der Waals surface area contributed by atoms with Gasteiger partial charge in [-0.3, -0.25) is 14.9 Å². The third-order valence-electron chi connectivity index (χ3n) is 3.29. The first kappa shape index (κ1) is 15.6. The topological polar surface area (TPSA) is 72.2 Å². The molecule has 0 saturated carbocycles. The summed E-state index contributed by atoms with van der Waals surface area (Å²) in [7, 11) is 0. The van der Waals surface area contributed by atoms with Gasteiger partial charge in [0.05, 0.1) is 17.4 Å². The fourth-order valence-corrected chi connectivity index (χ4v) is 2.14. The Balaban J connectivity index is 2.04. The van der Waals surface area contributed by atoms with Crippen molar-refractivity contribution in [3.63, 3.8) is 0 Å². The number of rotatable bonds is 5. The molecule has 5 nitrogen and oxygen atoms in total. The van der Waals surface area contributed by atoms with Crippen LogP contribution in [0.4, 0.5) is 10.1 Å². The highest BCUT2D eigenvalue weighted by atomic mass is 19.1. The van der Waals surface area contributed by atoms with Gasteiger partial charge in [0.15, 0.2) is 0 Å². The lowest BCUT2D eigenvalue weighted by Gasteiger charge is -2.14. The Morgan fingerprint density at radius 3 is 2.50 bits per heavy atom. The van der Waals surface area contributed by atoms with E-state index in [0.29, 0.717) is 5.56 Å². The molecule has 2 aromatic rings. The predicted octanol–water partition coefficient (Wildman–Crippen LogP) is 3.15. The van der Waals surface area contributed by atoms with Gasteiger partial charge >= 0.3 is 0 Å². The minimum Gasteiger partial charge on any atom is -0.349 e. The fraction of sp³-hybridized carbons (Fsp3) is 0.188. The van der Waals surface area contributed by atoms with Gasteiger partial charge in [-0.25, -0.2) is 4.39 Å². The van der Waals surface area contributed by atoms with E-state index in [1.54, 1.807) is 37.3 Å². The Kier molecular flexibility index (Phi) is 4.83. The van der Waals surface area contributed by atoms with Crippen LogP contribution in [0.1, 0.15) is 24.1 Å². The third kappa shape index (κ3) is 3.88. The predicted molar refractivity (Wildman–Crippen MR) is 79.8 cm³/mol. The first-order valence-electron chi connectivity index (χ1n) is 6.74. The molecule has 2 rings (SSSR count). The van der Waals surface area contributed by atoms with Crippen LogP contribution in [0.2, 0.25) is 0 Å². The summed E-state index contributed by atoms with van der Waals surface area (Å²) >= 11 is 0. The van der Waals surface area contributed by atoms with Gasteiger partial charge in [-0.2, -0.15) is 0 Å². The molecule has 0 saturated heterocycles. The second-order valence-corrected chi connectivity index (χ2v) is 4.90. The largest absolute Gasteiger partial charge is 0.349 e. The van der Waals surface area contributed by atoms with Crippen LogP contribution in [0.5, 0.6) is 0 Å². The first-order chi connectivity index (χ1) is 10.5. The van der Waals surface area contributed by atoms with Crippen LogP contribution < -0.4 is 5.32 Å².